The minimum Gasteiger partial charge on any atom is -0.481 e. The number of likely N-dealkylation sites (tertiary alicyclic amines) is 1. The average Bonchev–Trinajstić information content (AvgIpc) is 2.59. The molecule has 2 rings (SSSR count). The molecule has 1 fully saturated rings. The van der Waals surface area contributed by atoms with Crippen LogP contribution in [0.2, 0.25) is 0 Å². The number of aryl methyl sites for hydroxylation is 1. The van der Waals surface area contributed by atoms with Crippen LogP contribution >= 0.6 is 0 Å². The van der Waals surface area contributed by atoms with E-state index in [2.05, 4.69) is 49.9 Å². The Morgan fingerprint density at radius 1 is 1.37 bits per heavy atom. The SMILES string of the molecule is Cc1ccc(CN2CCC(CC(=O)O)C2(C)C)cc1. The number of rotatable bonds is 4. The lowest BCUT2D eigenvalue weighted by molar-refractivity contribution is -0.138. The first-order chi connectivity index (χ1) is 8.89. The van der Waals surface area contributed by atoms with Gasteiger partial charge in [-0.25, -0.2) is 0 Å². The molecule has 3 heteroatoms. The molecule has 0 amide bonds. The zero-order chi connectivity index (χ0) is 14.0. The molecule has 1 unspecified atom stereocenters. The number of benzene rings is 1. The maximum absolute atomic E-state index is 10.9. The molecule has 1 N–H and O–H groups in total. The lowest BCUT2D eigenvalue weighted by Crippen LogP contribution is -2.42. The maximum atomic E-state index is 10.9. The molecule has 3 nitrogen and oxygen atoms in total. The number of carbonyl (C=O) groups is 1. The largest absolute Gasteiger partial charge is 0.481 e. The smallest absolute Gasteiger partial charge is 0.303 e. The summed E-state index contributed by atoms with van der Waals surface area (Å²) in [6, 6.07) is 8.59. The van der Waals surface area contributed by atoms with Crippen molar-refractivity contribution in [1.29, 1.82) is 0 Å². The molecule has 0 aliphatic carbocycles. The molecule has 0 saturated carbocycles. The van der Waals surface area contributed by atoms with Crippen molar-refractivity contribution in [3.63, 3.8) is 0 Å². The second kappa shape index (κ2) is 5.33. The van der Waals surface area contributed by atoms with Crippen molar-refractivity contribution in [3.8, 4) is 0 Å². The highest BCUT2D eigenvalue weighted by Crippen LogP contribution is 2.37. The minimum absolute atomic E-state index is 0.0384. The molecule has 1 aromatic carbocycles. The van der Waals surface area contributed by atoms with Crippen LogP contribution in [0.1, 0.15) is 37.8 Å². The summed E-state index contributed by atoms with van der Waals surface area (Å²) in [6.45, 7) is 8.32. The third-order valence-electron chi connectivity index (χ3n) is 4.48. The third-order valence-corrected chi connectivity index (χ3v) is 4.48. The van der Waals surface area contributed by atoms with Gasteiger partial charge in [-0.3, -0.25) is 9.69 Å². The Kier molecular flexibility index (Phi) is 3.95. The average molecular weight is 261 g/mol. The van der Waals surface area contributed by atoms with E-state index in [9.17, 15) is 4.79 Å². The fourth-order valence-corrected chi connectivity index (χ4v) is 2.97. The number of carboxylic acids is 1. The Hall–Kier alpha value is -1.35. The number of carboxylic acid groups (broad SMARTS) is 1. The van der Waals surface area contributed by atoms with Crippen molar-refractivity contribution in [3.05, 3.63) is 35.4 Å². The van der Waals surface area contributed by atoms with E-state index in [0.717, 1.165) is 19.5 Å². The Morgan fingerprint density at radius 2 is 2.00 bits per heavy atom. The molecule has 104 valence electrons. The van der Waals surface area contributed by atoms with Crippen molar-refractivity contribution >= 4 is 5.97 Å². The maximum Gasteiger partial charge on any atom is 0.303 e. The number of nitrogens with zero attached hydrogens (tertiary/aromatic N) is 1. The summed E-state index contributed by atoms with van der Waals surface area (Å²) in [6.07, 6.45) is 1.25. The van der Waals surface area contributed by atoms with Crippen molar-refractivity contribution < 1.29 is 9.90 Å². The molecule has 0 spiro atoms. The van der Waals surface area contributed by atoms with E-state index in [4.69, 9.17) is 5.11 Å². The number of hydrogen-bond acceptors (Lipinski definition) is 2. The van der Waals surface area contributed by atoms with E-state index in [0.29, 0.717) is 0 Å². The van der Waals surface area contributed by atoms with Crippen LogP contribution in [0.3, 0.4) is 0 Å². The summed E-state index contributed by atoms with van der Waals surface area (Å²) in [7, 11) is 0. The molecular weight excluding hydrogens is 238 g/mol. The molecule has 1 aliphatic rings. The van der Waals surface area contributed by atoms with Crippen LogP contribution in [0, 0.1) is 12.8 Å². The highest BCUT2D eigenvalue weighted by atomic mass is 16.4. The van der Waals surface area contributed by atoms with E-state index < -0.39 is 5.97 Å². The van der Waals surface area contributed by atoms with Gasteiger partial charge in [0.2, 0.25) is 0 Å². The van der Waals surface area contributed by atoms with Gasteiger partial charge in [0.15, 0.2) is 0 Å². The van der Waals surface area contributed by atoms with Gasteiger partial charge in [0.1, 0.15) is 0 Å². The van der Waals surface area contributed by atoms with Gasteiger partial charge in [0, 0.05) is 18.5 Å². The van der Waals surface area contributed by atoms with E-state index in [1.165, 1.54) is 11.1 Å². The Labute approximate surface area is 115 Å². The summed E-state index contributed by atoms with van der Waals surface area (Å²) in [5, 5.41) is 8.99. The van der Waals surface area contributed by atoms with Crippen molar-refractivity contribution in [2.24, 2.45) is 5.92 Å². The van der Waals surface area contributed by atoms with Crippen LogP contribution < -0.4 is 0 Å². The standard InChI is InChI=1S/C16H23NO2/c1-12-4-6-13(7-5-12)11-17-9-8-14(10-15(18)19)16(17,2)3/h4-7,14H,8-11H2,1-3H3,(H,18,19). The van der Waals surface area contributed by atoms with Crippen LogP contribution in [-0.2, 0) is 11.3 Å². The van der Waals surface area contributed by atoms with Crippen LogP contribution in [0.15, 0.2) is 24.3 Å². The molecular formula is C16H23NO2. The molecule has 19 heavy (non-hydrogen) atoms. The summed E-state index contributed by atoms with van der Waals surface area (Å²) >= 11 is 0. The van der Waals surface area contributed by atoms with E-state index >= 15 is 0 Å². The fourth-order valence-electron chi connectivity index (χ4n) is 2.97. The molecule has 0 bridgehead atoms. The second-order valence-electron chi connectivity index (χ2n) is 6.14. The highest BCUT2D eigenvalue weighted by molar-refractivity contribution is 5.67. The quantitative estimate of drug-likeness (QED) is 0.905. The Balaban J connectivity index is 2.05. The predicted molar refractivity (Wildman–Crippen MR) is 76.0 cm³/mol. The zero-order valence-corrected chi connectivity index (χ0v) is 12.0. The fraction of sp³-hybridized carbons (Fsp3) is 0.562. The number of hydrogen-bond donors (Lipinski definition) is 1. The third kappa shape index (κ3) is 3.16. The first-order valence-electron chi connectivity index (χ1n) is 6.92. The van der Waals surface area contributed by atoms with E-state index in [-0.39, 0.29) is 17.9 Å². The second-order valence-corrected chi connectivity index (χ2v) is 6.14. The molecule has 0 radical (unpaired) electrons. The monoisotopic (exact) mass is 261 g/mol. The summed E-state index contributed by atoms with van der Waals surface area (Å²) < 4.78 is 0. The lowest BCUT2D eigenvalue weighted by Gasteiger charge is -2.35. The summed E-state index contributed by atoms with van der Waals surface area (Å²) in [4.78, 5) is 13.3. The topological polar surface area (TPSA) is 40.5 Å². The molecule has 1 heterocycles. The van der Waals surface area contributed by atoms with Crippen LogP contribution in [-0.4, -0.2) is 28.1 Å². The Bertz CT molecular complexity index is 450. The lowest BCUT2D eigenvalue weighted by atomic mass is 9.85. The van der Waals surface area contributed by atoms with Crippen molar-refractivity contribution in [2.45, 2.75) is 45.7 Å². The van der Waals surface area contributed by atoms with Gasteiger partial charge >= 0.3 is 5.97 Å². The van der Waals surface area contributed by atoms with Gasteiger partial charge in [0.05, 0.1) is 0 Å². The molecule has 1 aliphatic heterocycles. The molecule has 1 saturated heterocycles. The van der Waals surface area contributed by atoms with Crippen molar-refractivity contribution in [1.82, 2.24) is 4.90 Å². The summed E-state index contributed by atoms with van der Waals surface area (Å²) in [5.41, 5.74) is 2.53. The normalized spacial score (nSPS) is 22.6. The first-order valence-corrected chi connectivity index (χ1v) is 6.92. The summed E-state index contributed by atoms with van der Waals surface area (Å²) in [5.74, 6) is -0.439. The van der Waals surface area contributed by atoms with E-state index in [1.807, 2.05) is 0 Å². The molecule has 1 atom stereocenters. The highest BCUT2D eigenvalue weighted by Gasteiger charge is 2.41. The van der Waals surface area contributed by atoms with Crippen LogP contribution in [0.4, 0.5) is 0 Å². The van der Waals surface area contributed by atoms with Crippen LogP contribution in [0.5, 0.6) is 0 Å². The van der Waals surface area contributed by atoms with Gasteiger partial charge < -0.3 is 5.11 Å². The molecule has 1 aromatic rings. The predicted octanol–water partition coefficient (Wildman–Crippen LogP) is 3.07. The number of aliphatic carboxylic acids is 1. The van der Waals surface area contributed by atoms with Crippen molar-refractivity contribution in [2.75, 3.05) is 6.54 Å². The minimum atomic E-state index is -0.685. The van der Waals surface area contributed by atoms with Crippen LogP contribution in [0.25, 0.3) is 0 Å². The zero-order valence-electron chi connectivity index (χ0n) is 12.0. The Morgan fingerprint density at radius 3 is 2.58 bits per heavy atom. The van der Waals surface area contributed by atoms with E-state index in [1.54, 1.807) is 0 Å². The van der Waals surface area contributed by atoms with Gasteiger partial charge in [-0.15, -0.1) is 0 Å². The van der Waals surface area contributed by atoms with Gasteiger partial charge in [0.25, 0.3) is 0 Å². The molecule has 0 aromatic heterocycles. The van der Waals surface area contributed by atoms with Gasteiger partial charge in [-0.2, -0.15) is 0 Å². The van der Waals surface area contributed by atoms with Gasteiger partial charge in [-0.1, -0.05) is 29.8 Å². The van der Waals surface area contributed by atoms with Gasteiger partial charge in [-0.05, 0) is 45.2 Å². The first kappa shape index (κ1) is 14.1.